The van der Waals surface area contributed by atoms with Crippen LogP contribution in [0.25, 0.3) is 0 Å². The largest absolute Gasteiger partial charge is 0.481 e. The van der Waals surface area contributed by atoms with Gasteiger partial charge in [0.25, 0.3) is 0 Å². The third-order valence-corrected chi connectivity index (χ3v) is 4.92. The van der Waals surface area contributed by atoms with Gasteiger partial charge in [0.2, 0.25) is 0 Å². The van der Waals surface area contributed by atoms with E-state index in [0.29, 0.717) is 6.42 Å². The van der Waals surface area contributed by atoms with E-state index in [4.69, 9.17) is 10.2 Å². The predicted octanol–water partition coefficient (Wildman–Crippen LogP) is 3.29. The summed E-state index contributed by atoms with van der Waals surface area (Å²) in [5.74, 6) is -0.673. The van der Waals surface area contributed by atoms with Crippen molar-refractivity contribution in [2.75, 3.05) is 45.9 Å². The van der Waals surface area contributed by atoms with Gasteiger partial charge in [-0.05, 0) is 77.8 Å². The van der Waals surface area contributed by atoms with Crippen molar-refractivity contribution in [1.82, 2.24) is 16.0 Å². The zero-order chi connectivity index (χ0) is 20.5. The van der Waals surface area contributed by atoms with Crippen molar-refractivity contribution in [3.05, 3.63) is 0 Å². The highest BCUT2D eigenvalue weighted by Crippen LogP contribution is 2.06. The number of aliphatic carboxylic acids is 1. The number of carboxylic acid groups (broad SMARTS) is 1. The van der Waals surface area contributed by atoms with Crippen molar-refractivity contribution in [3.8, 4) is 0 Å². The van der Waals surface area contributed by atoms with Crippen LogP contribution in [0.1, 0.15) is 89.9 Å². The smallest absolute Gasteiger partial charge is 0.303 e. The number of rotatable bonds is 24. The number of nitrogens with one attached hydrogen (secondary N) is 3. The van der Waals surface area contributed by atoms with Crippen LogP contribution in [0.4, 0.5) is 0 Å². The molecule has 5 N–H and O–H groups in total. The Labute approximate surface area is 173 Å². The lowest BCUT2D eigenvalue weighted by Crippen LogP contribution is -2.23. The summed E-state index contributed by atoms with van der Waals surface area (Å²) in [4.78, 5) is 10.4. The van der Waals surface area contributed by atoms with E-state index in [1.165, 1.54) is 51.4 Å². The molecule has 0 aromatic rings. The summed E-state index contributed by atoms with van der Waals surface area (Å²) in [6.45, 7) is 6.68. The zero-order valence-corrected chi connectivity index (χ0v) is 18.2. The SMILES string of the molecule is O=C(O)CCCCCCCNCCCCCCCCNCCCNCCCO. The first kappa shape index (κ1) is 27.3. The van der Waals surface area contributed by atoms with E-state index >= 15 is 0 Å². The van der Waals surface area contributed by atoms with E-state index in [1.807, 2.05) is 0 Å². The van der Waals surface area contributed by atoms with Gasteiger partial charge in [-0.2, -0.15) is 0 Å². The zero-order valence-electron chi connectivity index (χ0n) is 18.2. The van der Waals surface area contributed by atoms with Crippen molar-refractivity contribution >= 4 is 5.97 Å². The minimum absolute atomic E-state index is 0.278. The lowest BCUT2D eigenvalue weighted by atomic mass is 10.1. The lowest BCUT2D eigenvalue weighted by molar-refractivity contribution is -0.137. The van der Waals surface area contributed by atoms with E-state index in [9.17, 15) is 4.79 Å². The highest BCUT2D eigenvalue weighted by Gasteiger charge is 1.97. The standard InChI is InChI=1S/C22H47N3O3/c26-21-13-20-25-19-12-18-24-17-10-6-2-1-5-9-15-23-16-11-7-3-4-8-14-22(27)28/h23-26H,1-21H2,(H,27,28). The Morgan fingerprint density at radius 3 is 1.29 bits per heavy atom. The average molecular weight is 402 g/mol. The first-order chi connectivity index (χ1) is 13.8. The highest BCUT2D eigenvalue weighted by atomic mass is 16.4. The third kappa shape index (κ3) is 25.3. The van der Waals surface area contributed by atoms with E-state index in [-0.39, 0.29) is 6.61 Å². The first-order valence-corrected chi connectivity index (χ1v) is 11.7. The summed E-state index contributed by atoms with van der Waals surface area (Å²) in [5.41, 5.74) is 0. The first-order valence-electron chi connectivity index (χ1n) is 11.7. The summed E-state index contributed by atoms with van der Waals surface area (Å²) in [7, 11) is 0. The average Bonchev–Trinajstić information content (AvgIpc) is 2.68. The maximum Gasteiger partial charge on any atom is 0.303 e. The Morgan fingerprint density at radius 1 is 0.500 bits per heavy atom. The molecule has 0 rings (SSSR count). The fourth-order valence-corrected chi connectivity index (χ4v) is 3.18. The summed E-state index contributed by atoms with van der Waals surface area (Å²) in [6, 6.07) is 0. The lowest BCUT2D eigenvalue weighted by Gasteiger charge is -2.06. The molecular formula is C22H47N3O3. The van der Waals surface area contributed by atoms with Gasteiger partial charge in [0, 0.05) is 13.0 Å². The van der Waals surface area contributed by atoms with Crippen molar-refractivity contribution in [2.24, 2.45) is 0 Å². The molecule has 0 bridgehead atoms. The van der Waals surface area contributed by atoms with Gasteiger partial charge < -0.3 is 26.2 Å². The predicted molar refractivity (Wildman–Crippen MR) is 118 cm³/mol. The molecule has 0 heterocycles. The second-order valence-corrected chi connectivity index (χ2v) is 7.71. The molecule has 0 aromatic carbocycles. The molecule has 0 radical (unpaired) electrons. The fraction of sp³-hybridized carbons (Fsp3) is 0.955. The van der Waals surface area contributed by atoms with Crippen LogP contribution in [-0.4, -0.2) is 62.1 Å². The molecular weight excluding hydrogens is 354 g/mol. The number of carbonyl (C=O) groups is 1. The number of hydrogen-bond donors (Lipinski definition) is 5. The van der Waals surface area contributed by atoms with E-state index in [0.717, 1.165) is 71.4 Å². The summed E-state index contributed by atoms with van der Waals surface area (Å²) >= 11 is 0. The molecule has 6 nitrogen and oxygen atoms in total. The second-order valence-electron chi connectivity index (χ2n) is 7.71. The van der Waals surface area contributed by atoms with Gasteiger partial charge in [0.15, 0.2) is 0 Å². The second kappa shape index (κ2) is 24.3. The van der Waals surface area contributed by atoms with Crippen LogP contribution in [0.5, 0.6) is 0 Å². The minimum Gasteiger partial charge on any atom is -0.481 e. The molecule has 0 saturated heterocycles. The molecule has 0 aliphatic carbocycles. The Hall–Kier alpha value is -0.690. The maximum atomic E-state index is 10.4. The van der Waals surface area contributed by atoms with Crippen LogP contribution in [-0.2, 0) is 4.79 Å². The van der Waals surface area contributed by atoms with Crippen molar-refractivity contribution in [3.63, 3.8) is 0 Å². The molecule has 0 saturated carbocycles. The van der Waals surface area contributed by atoms with Gasteiger partial charge >= 0.3 is 5.97 Å². The Morgan fingerprint density at radius 2 is 0.857 bits per heavy atom. The van der Waals surface area contributed by atoms with Crippen molar-refractivity contribution in [1.29, 1.82) is 0 Å². The van der Waals surface area contributed by atoms with E-state index in [2.05, 4.69) is 16.0 Å². The monoisotopic (exact) mass is 401 g/mol. The van der Waals surface area contributed by atoms with E-state index < -0.39 is 5.97 Å². The number of aliphatic hydroxyl groups excluding tert-OH is 1. The Balaban J connectivity index is 2.99. The minimum atomic E-state index is -0.673. The van der Waals surface area contributed by atoms with Crippen LogP contribution in [0.2, 0.25) is 0 Å². The van der Waals surface area contributed by atoms with Crippen LogP contribution < -0.4 is 16.0 Å². The Kier molecular flexibility index (Phi) is 23.7. The van der Waals surface area contributed by atoms with Crippen LogP contribution in [0.15, 0.2) is 0 Å². The third-order valence-electron chi connectivity index (χ3n) is 4.92. The highest BCUT2D eigenvalue weighted by molar-refractivity contribution is 5.66. The van der Waals surface area contributed by atoms with Gasteiger partial charge in [-0.1, -0.05) is 44.9 Å². The molecule has 0 spiro atoms. The number of hydrogen-bond acceptors (Lipinski definition) is 5. The molecule has 0 atom stereocenters. The molecule has 0 fully saturated rings. The van der Waals surface area contributed by atoms with Crippen molar-refractivity contribution < 1.29 is 15.0 Å². The van der Waals surface area contributed by atoms with Gasteiger partial charge in [-0.25, -0.2) is 0 Å². The summed E-state index contributed by atoms with van der Waals surface area (Å²) in [5, 5.41) is 27.6. The van der Waals surface area contributed by atoms with Crippen LogP contribution >= 0.6 is 0 Å². The van der Waals surface area contributed by atoms with Crippen molar-refractivity contribution in [2.45, 2.75) is 89.9 Å². The Bertz CT molecular complexity index is 317. The topological polar surface area (TPSA) is 93.6 Å². The molecule has 28 heavy (non-hydrogen) atoms. The van der Waals surface area contributed by atoms with Gasteiger partial charge in [0.1, 0.15) is 0 Å². The molecule has 168 valence electrons. The molecule has 0 aliphatic heterocycles. The van der Waals surface area contributed by atoms with Crippen LogP contribution in [0.3, 0.4) is 0 Å². The van der Waals surface area contributed by atoms with E-state index in [1.54, 1.807) is 0 Å². The quantitative estimate of drug-likeness (QED) is 0.159. The number of carboxylic acids is 1. The molecule has 0 amide bonds. The summed E-state index contributed by atoms with van der Waals surface area (Å²) in [6.07, 6.45) is 15.7. The summed E-state index contributed by atoms with van der Waals surface area (Å²) < 4.78 is 0. The van der Waals surface area contributed by atoms with Crippen LogP contribution in [0, 0.1) is 0 Å². The molecule has 0 aromatic heterocycles. The number of aliphatic hydroxyl groups is 1. The van der Waals surface area contributed by atoms with Gasteiger partial charge in [-0.15, -0.1) is 0 Å². The maximum absolute atomic E-state index is 10.4. The normalized spacial score (nSPS) is 11.2. The van der Waals surface area contributed by atoms with Gasteiger partial charge in [0.05, 0.1) is 0 Å². The molecule has 0 unspecified atom stereocenters. The molecule has 6 heteroatoms. The molecule has 0 aliphatic rings. The van der Waals surface area contributed by atoms with Gasteiger partial charge in [-0.3, -0.25) is 4.79 Å². The fourth-order valence-electron chi connectivity index (χ4n) is 3.18. The number of unbranched alkanes of at least 4 members (excludes halogenated alkanes) is 9.